The van der Waals surface area contributed by atoms with E-state index in [1.54, 1.807) is 107 Å². The van der Waals surface area contributed by atoms with Crippen molar-refractivity contribution in [3.63, 3.8) is 0 Å². The highest BCUT2D eigenvalue weighted by Crippen LogP contribution is 2.31. The van der Waals surface area contributed by atoms with Crippen molar-refractivity contribution in [2.75, 3.05) is 19.6 Å². The molecule has 7 amide bonds. The molecule has 20 nitrogen and oxygen atoms in total. The Hall–Kier alpha value is -6.47. The van der Waals surface area contributed by atoms with Gasteiger partial charge in [-0.1, -0.05) is 12.1 Å². The summed E-state index contributed by atoms with van der Waals surface area (Å²) in [6, 6.07) is 4.46. The number of amides is 7. The molecule has 4 bridgehead atoms. The molecule has 3 rings (SSSR count). The number of nitrogens with one attached hydrogen (secondary N) is 7. The largest absolute Gasteiger partial charge is 0.508 e. The molecule has 9 N–H and O–H groups in total. The summed E-state index contributed by atoms with van der Waals surface area (Å²) in [7, 11) is 0. The van der Waals surface area contributed by atoms with Gasteiger partial charge in [0.2, 0.25) is 17.7 Å². The molecule has 20 heteroatoms. The lowest BCUT2D eigenvalue weighted by Gasteiger charge is -2.27. The topological polar surface area (TPSA) is 281 Å². The van der Waals surface area contributed by atoms with E-state index < -0.39 is 88.7 Å². The molecular weight excluding hydrogens is 883 g/mol. The molecule has 0 aliphatic carbocycles. The summed E-state index contributed by atoms with van der Waals surface area (Å²) in [5, 5.41) is 41.0. The quantitative estimate of drug-likeness (QED) is 0.0906. The van der Waals surface area contributed by atoms with Crippen molar-refractivity contribution >= 4 is 42.1 Å². The fourth-order valence-corrected chi connectivity index (χ4v) is 6.69. The number of carbonyl (C=O) groups excluding carboxylic acids is 7. The lowest BCUT2D eigenvalue weighted by Crippen LogP contribution is -2.58. The first-order valence-corrected chi connectivity index (χ1v) is 22.8. The molecule has 0 radical (unpaired) electrons. The van der Waals surface area contributed by atoms with Crippen LogP contribution >= 0.6 is 0 Å². The zero-order valence-electron chi connectivity index (χ0n) is 41.5. The average molecular weight is 956 g/mol. The van der Waals surface area contributed by atoms with Crippen molar-refractivity contribution in [2.45, 2.75) is 168 Å². The number of rotatable bonds is 13. The van der Waals surface area contributed by atoms with Gasteiger partial charge >= 0.3 is 24.4 Å². The van der Waals surface area contributed by atoms with Crippen LogP contribution in [0, 0.1) is 0 Å². The van der Waals surface area contributed by atoms with Gasteiger partial charge in [-0.2, -0.15) is 0 Å². The Morgan fingerprint density at radius 2 is 1.09 bits per heavy atom. The number of aromatic hydroxyl groups is 2. The molecule has 0 saturated carbocycles. The van der Waals surface area contributed by atoms with Crippen LogP contribution in [0.1, 0.15) is 120 Å². The number of fused-ring (bicyclic) bond motifs is 5. The van der Waals surface area contributed by atoms with E-state index in [1.807, 2.05) is 0 Å². The number of phenols is 2. The summed E-state index contributed by atoms with van der Waals surface area (Å²) in [6.45, 7) is 20.4. The minimum absolute atomic E-state index is 0.0265. The number of hydrogen-bond donors (Lipinski definition) is 9. The van der Waals surface area contributed by atoms with Gasteiger partial charge in [0.05, 0.1) is 0 Å². The second kappa shape index (κ2) is 24.0. The van der Waals surface area contributed by atoms with Crippen LogP contribution in [0.2, 0.25) is 0 Å². The molecule has 4 atom stereocenters. The summed E-state index contributed by atoms with van der Waals surface area (Å²) in [5.41, 5.74) is -1.64. The first kappa shape index (κ1) is 55.9. The smallest absolute Gasteiger partial charge is 0.408 e. The highest BCUT2D eigenvalue weighted by atomic mass is 16.6. The van der Waals surface area contributed by atoms with Gasteiger partial charge in [0.15, 0.2) is 0 Å². The van der Waals surface area contributed by atoms with E-state index in [4.69, 9.17) is 18.9 Å². The Balaban J connectivity index is 2.04. The lowest BCUT2D eigenvalue weighted by atomic mass is 9.95. The Bertz CT molecular complexity index is 2100. The van der Waals surface area contributed by atoms with Gasteiger partial charge in [0.25, 0.3) is 0 Å². The highest BCUT2D eigenvalue weighted by Gasteiger charge is 2.33. The number of benzene rings is 2. The number of ether oxygens (including phenoxy) is 4. The minimum Gasteiger partial charge on any atom is -0.508 e. The van der Waals surface area contributed by atoms with Crippen LogP contribution in [-0.2, 0) is 46.2 Å². The molecule has 0 unspecified atom stereocenters. The summed E-state index contributed by atoms with van der Waals surface area (Å²) < 4.78 is 21.6. The predicted octanol–water partition coefficient (Wildman–Crippen LogP) is 5.35. The maximum Gasteiger partial charge on any atom is 0.408 e. The predicted molar refractivity (Wildman–Crippen MR) is 253 cm³/mol. The van der Waals surface area contributed by atoms with E-state index >= 15 is 0 Å². The van der Waals surface area contributed by atoms with E-state index in [0.717, 1.165) is 0 Å². The zero-order valence-corrected chi connectivity index (χ0v) is 41.5. The first-order chi connectivity index (χ1) is 31.4. The van der Waals surface area contributed by atoms with Crippen molar-refractivity contribution in [1.82, 2.24) is 37.2 Å². The number of carbonyl (C=O) groups is 7. The van der Waals surface area contributed by atoms with Gasteiger partial charge in [-0.3, -0.25) is 14.4 Å². The third-order valence-electron chi connectivity index (χ3n) is 9.59. The van der Waals surface area contributed by atoms with E-state index in [9.17, 15) is 43.8 Å². The Morgan fingerprint density at radius 3 is 1.60 bits per heavy atom. The summed E-state index contributed by atoms with van der Waals surface area (Å²) in [5.74, 6) is -2.74. The summed E-state index contributed by atoms with van der Waals surface area (Å²) in [6.07, 6.45) is -2.85. The molecule has 2 aromatic rings. The van der Waals surface area contributed by atoms with Crippen LogP contribution in [-0.4, -0.2) is 119 Å². The molecule has 1 aliphatic heterocycles. The van der Waals surface area contributed by atoms with E-state index in [0.29, 0.717) is 17.5 Å². The monoisotopic (exact) mass is 956 g/mol. The second-order valence-corrected chi connectivity index (χ2v) is 20.6. The molecular formula is C48H73N7O13. The fourth-order valence-electron chi connectivity index (χ4n) is 6.69. The Kier molecular flexibility index (Phi) is 19.7. The SMILES string of the molecule is CC(C)(C)OC(=O)NCCC[C@@H](CNC(=O)[C@@H]1Cc2cc(ccc2O)-c2ccc(O)c(c2)C[C@H](NC(=O)OC(C)(C)C)C(=O)N[C@@H](CCCNC(=O)OC(C)(C)C)C(=O)N1)NC(=O)OC(C)(C)C. The Morgan fingerprint density at radius 1 is 0.618 bits per heavy atom. The van der Waals surface area contributed by atoms with Crippen LogP contribution in [0.3, 0.4) is 0 Å². The number of alkyl carbamates (subject to hydrolysis) is 4. The molecule has 0 fully saturated rings. The van der Waals surface area contributed by atoms with E-state index in [1.165, 1.54) is 12.1 Å². The van der Waals surface area contributed by atoms with Gasteiger partial charge in [-0.15, -0.1) is 0 Å². The third-order valence-corrected chi connectivity index (χ3v) is 9.59. The van der Waals surface area contributed by atoms with Crippen LogP contribution in [0.15, 0.2) is 36.4 Å². The maximum absolute atomic E-state index is 14.4. The molecule has 0 aromatic heterocycles. The van der Waals surface area contributed by atoms with Crippen molar-refractivity contribution in [3.05, 3.63) is 47.5 Å². The zero-order chi connectivity index (χ0) is 51.2. The van der Waals surface area contributed by atoms with Gasteiger partial charge in [-0.05, 0) is 155 Å². The van der Waals surface area contributed by atoms with Crippen molar-refractivity contribution < 1.29 is 62.7 Å². The van der Waals surface area contributed by atoms with Crippen molar-refractivity contribution in [3.8, 4) is 22.6 Å². The highest BCUT2D eigenvalue weighted by molar-refractivity contribution is 5.94. The van der Waals surface area contributed by atoms with Gasteiger partial charge in [-0.25, -0.2) is 19.2 Å². The molecule has 0 saturated heterocycles. The van der Waals surface area contributed by atoms with Crippen molar-refractivity contribution in [1.29, 1.82) is 0 Å². The number of phenolic OH excluding ortho intramolecular Hbond substituents is 2. The lowest BCUT2D eigenvalue weighted by molar-refractivity contribution is -0.132. The molecule has 2 aromatic carbocycles. The van der Waals surface area contributed by atoms with E-state index in [2.05, 4.69) is 37.2 Å². The second-order valence-electron chi connectivity index (χ2n) is 20.6. The minimum atomic E-state index is -1.39. The molecule has 68 heavy (non-hydrogen) atoms. The third kappa shape index (κ3) is 21.0. The molecule has 0 spiro atoms. The van der Waals surface area contributed by atoms with Gasteiger partial charge in [0, 0.05) is 38.5 Å². The van der Waals surface area contributed by atoms with E-state index in [-0.39, 0.29) is 74.4 Å². The van der Waals surface area contributed by atoms with Gasteiger partial charge < -0.3 is 66.4 Å². The Labute approximate surface area is 399 Å². The van der Waals surface area contributed by atoms with Crippen LogP contribution in [0.4, 0.5) is 19.2 Å². The maximum atomic E-state index is 14.4. The van der Waals surface area contributed by atoms with Crippen LogP contribution in [0.5, 0.6) is 11.5 Å². The van der Waals surface area contributed by atoms with Crippen LogP contribution in [0.25, 0.3) is 11.1 Å². The average Bonchev–Trinajstić information content (AvgIpc) is 3.17. The summed E-state index contributed by atoms with van der Waals surface area (Å²) in [4.78, 5) is 93.8. The van der Waals surface area contributed by atoms with Crippen molar-refractivity contribution in [2.24, 2.45) is 0 Å². The number of hydrogen-bond acceptors (Lipinski definition) is 13. The molecule has 1 aliphatic rings. The molecule has 378 valence electrons. The van der Waals surface area contributed by atoms with Gasteiger partial charge in [0.1, 0.15) is 52.0 Å². The fraction of sp³-hybridized carbons (Fsp3) is 0.604. The molecule has 1 heterocycles. The van der Waals surface area contributed by atoms with Crippen LogP contribution < -0.4 is 37.2 Å². The standard InChI is InChI=1S/C48H73N7O13/c1-45(2,3)65-41(61)49-21-13-15-32(52-43(63)67-47(7,8)9)27-51-38(58)34-25-30-23-28(17-19-36(30)56)29-18-20-37(57)31(24-29)26-35(55-44(64)68-48(10,11)12)40(60)53-33(39(59)54-34)16-14-22-50-42(62)66-46(4,5)6/h17-20,23-24,32-35,56-57H,13-16,21-22,25-27H2,1-12H3,(H,49,61)(H,50,62)(H,51,58)(H,52,63)(H,53,60)(H,54,59)(H,55,64)/t32-,33-,34-,35-/m0/s1. The first-order valence-electron chi connectivity index (χ1n) is 22.8. The summed E-state index contributed by atoms with van der Waals surface area (Å²) >= 11 is 0. The normalized spacial score (nSPS) is 17.3.